The largest absolute Gasteiger partial charge is 0.507 e. The van der Waals surface area contributed by atoms with E-state index in [0.717, 1.165) is 50.2 Å². The third kappa shape index (κ3) is 3.46. The van der Waals surface area contributed by atoms with E-state index in [0.29, 0.717) is 11.8 Å². The maximum absolute atomic E-state index is 11.7. The van der Waals surface area contributed by atoms with E-state index in [1.165, 1.54) is 0 Å². The molecule has 0 atom stereocenters. The van der Waals surface area contributed by atoms with Gasteiger partial charge in [0.2, 0.25) is 0 Å². The summed E-state index contributed by atoms with van der Waals surface area (Å²) in [5, 5.41) is 12.1. The van der Waals surface area contributed by atoms with Gasteiger partial charge < -0.3 is 15.6 Å². The SMILES string of the molecule is NC(=O)c1c(O)c(CCCN2CCOCC2)cc2ccccc12. The Bertz CT molecular complexity index is 709. The van der Waals surface area contributed by atoms with Crippen molar-refractivity contribution in [2.24, 2.45) is 5.73 Å². The first-order valence-electron chi connectivity index (χ1n) is 8.00. The molecule has 3 rings (SSSR count). The van der Waals surface area contributed by atoms with Crippen molar-refractivity contribution in [1.82, 2.24) is 4.90 Å². The molecule has 2 aromatic rings. The van der Waals surface area contributed by atoms with Crippen LogP contribution in [0.1, 0.15) is 22.3 Å². The van der Waals surface area contributed by atoms with Crippen molar-refractivity contribution in [1.29, 1.82) is 0 Å². The van der Waals surface area contributed by atoms with E-state index in [4.69, 9.17) is 10.5 Å². The average molecular weight is 314 g/mol. The Morgan fingerprint density at radius 2 is 2.00 bits per heavy atom. The molecule has 0 spiro atoms. The molecule has 5 nitrogen and oxygen atoms in total. The van der Waals surface area contributed by atoms with Crippen molar-refractivity contribution in [2.75, 3.05) is 32.8 Å². The molecule has 1 saturated heterocycles. The van der Waals surface area contributed by atoms with E-state index >= 15 is 0 Å². The molecule has 5 heteroatoms. The van der Waals surface area contributed by atoms with Gasteiger partial charge in [0.1, 0.15) is 5.75 Å². The molecular formula is C18H22N2O3. The standard InChI is InChI=1S/C18H22N2O3/c19-18(22)16-15-6-2-1-4-13(15)12-14(17(16)21)5-3-7-20-8-10-23-11-9-20/h1-2,4,6,12,21H,3,5,7-11H2,(H2,19,22). The minimum atomic E-state index is -0.589. The first kappa shape index (κ1) is 15.8. The first-order chi connectivity index (χ1) is 11.2. The number of ether oxygens (including phenoxy) is 1. The molecule has 0 unspecified atom stereocenters. The predicted octanol–water partition coefficient (Wildman–Crippen LogP) is 1.91. The van der Waals surface area contributed by atoms with Crippen molar-refractivity contribution in [3.63, 3.8) is 0 Å². The van der Waals surface area contributed by atoms with Gasteiger partial charge in [-0.1, -0.05) is 24.3 Å². The Morgan fingerprint density at radius 3 is 2.74 bits per heavy atom. The number of hydrogen-bond donors (Lipinski definition) is 2. The van der Waals surface area contributed by atoms with Crippen LogP contribution in [0.3, 0.4) is 0 Å². The van der Waals surface area contributed by atoms with Gasteiger partial charge >= 0.3 is 0 Å². The second kappa shape index (κ2) is 6.98. The van der Waals surface area contributed by atoms with Crippen LogP contribution < -0.4 is 5.73 Å². The maximum Gasteiger partial charge on any atom is 0.253 e. The topological polar surface area (TPSA) is 75.8 Å². The zero-order chi connectivity index (χ0) is 16.2. The summed E-state index contributed by atoms with van der Waals surface area (Å²) >= 11 is 0. The van der Waals surface area contributed by atoms with E-state index < -0.39 is 5.91 Å². The Balaban J connectivity index is 1.80. The number of nitrogens with zero attached hydrogens (tertiary/aromatic N) is 1. The zero-order valence-corrected chi connectivity index (χ0v) is 13.1. The lowest BCUT2D eigenvalue weighted by Crippen LogP contribution is -2.36. The molecule has 1 fully saturated rings. The number of aryl methyl sites for hydroxylation is 1. The number of carbonyl (C=O) groups is 1. The number of fused-ring (bicyclic) bond motifs is 1. The first-order valence-corrected chi connectivity index (χ1v) is 8.00. The highest BCUT2D eigenvalue weighted by Crippen LogP contribution is 2.31. The third-order valence-corrected chi connectivity index (χ3v) is 4.37. The molecule has 1 aliphatic heterocycles. The Morgan fingerprint density at radius 1 is 1.26 bits per heavy atom. The fraction of sp³-hybridized carbons (Fsp3) is 0.389. The number of phenols is 1. The van der Waals surface area contributed by atoms with Crippen molar-refractivity contribution in [2.45, 2.75) is 12.8 Å². The van der Waals surface area contributed by atoms with Gasteiger partial charge in [-0.15, -0.1) is 0 Å². The molecular weight excluding hydrogens is 292 g/mol. The molecule has 0 aromatic heterocycles. The van der Waals surface area contributed by atoms with Crippen molar-refractivity contribution in [3.05, 3.63) is 41.5 Å². The zero-order valence-electron chi connectivity index (χ0n) is 13.1. The Hall–Kier alpha value is -2.11. The van der Waals surface area contributed by atoms with Gasteiger partial charge in [-0.2, -0.15) is 0 Å². The second-order valence-corrected chi connectivity index (χ2v) is 5.90. The van der Waals surface area contributed by atoms with E-state index in [1.807, 2.05) is 30.3 Å². The highest BCUT2D eigenvalue weighted by Gasteiger charge is 2.17. The summed E-state index contributed by atoms with van der Waals surface area (Å²) in [7, 11) is 0. The van der Waals surface area contributed by atoms with Gasteiger partial charge in [-0.25, -0.2) is 0 Å². The van der Waals surface area contributed by atoms with Crippen molar-refractivity contribution in [3.8, 4) is 5.75 Å². The normalized spacial score (nSPS) is 15.8. The van der Waals surface area contributed by atoms with Crippen LogP contribution in [-0.2, 0) is 11.2 Å². The number of carbonyl (C=O) groups excluding carboxylic acids is 1. The molecule has 0 saturated carbocycles. The minimum Gasteiger partial charge on any atom is -0.507 e. The Labute approximate surface area is 135 Å². The van der Waals surface area contributed by atoms with Gasteiger partial charge in [0.05, 0.1) is 18.8 Å². The third-order valence-electron chi connectivity index (χ3n) is 4.37. The van der Waals surface area contributed by atoms with Crippen molar-refractivity contribution < 1.29 is 14.6 Å². The molecule has 122 valence electrons. The lowest BCUT2D eigenvalue weighted by atomic mass is 9.96. The smallest absolute Gasteiger partial charge is 0.253 e. The summed E-state index contributed by atoms with van der Waals surface area (Å²) in [6.07, 6.45) is 1.64. The van der Waals surface area contributed by atoms with Gasteiger partial charge in [0.25, 0.3) is 5.91 Å². The average Bonchev–Trinajstić information content (AvgIpc) is 2.56. The molecule has 0 bridgehead atoms. The number of nitrogens with two attached hydrogens (primary N) is 1. The number of rotatable bonds is 5. The number of benzene rings is 2. The van der Waals surface area contributed by atoms with Crippen LogP contribution in [0.25, 0.3) is 10.8 Å². The van der Waals surface area contributed by atoms with Crippen molar-refractivity contribution >= 4 is 16.7 Å². The molecule has 0 aliphatic carbocycles. The highest BCUT2D eigenvalue weighted by molar-refractivity contribution is 6.09. The van der Waals surface area contributed by atoms with Crippen LogP contribution in [0.5, 0.6) is 5.75 Å². The van der Waals surface area contributed by atoms with E-state index in [-0.39, 0.29) is 11.3 Å². The highest BCUT2D eigenvalue weighted by atomic mass is 16.5. The van der Waals surface area contributed by atoms with Gasteiger partial charge in [0.15, 0.2) is 0 Å². The van der Waals surface area contributed by atoms with Crippen LogP contribution in [0, 0.1) is 0 Å². The van der Waals surface area contributed by atoms with Gasteiger partial charge in [-0.3, -0.25) is 9.69 Å². The molecule has 23 heavy (non-hydrogen) atoms. The number of primary amides is 1. The molecule has 1 heterocycles. The summed E-state index contributed by atoms with van der Waals surface area (Å²) in [6, 6.07) is 9.46. The monoisotopic (exact) mass is 314 g/mol. The number of aromatic hydroxyl groups is 1. The van der Waals surface area contributed by atoms with E-state index in [9.17, 15) is 9.90 Å². The maximum atomic E-state index is 11.7. The van der Waals surface area contributed by atoms with Gasteiger partial charge in [0, 0.05) is 13.1 Å². The fourth-order valence-electron chi connectivity index (χ4n) is 3.15. The number of amides is 1. The summed E-state index contributed by atoms with van der Waals surface area (Å²) < 4.78 is 5.34. The lowest BCUT2D eigenvalue weighted by Gasteiger charge is -2.26. The summed E-state index contributed by atoms with van der Waals surface area (Å²) in [5.41, 5.74) is 6.48. The van der Waals surface area contributed by atoms with Crippen LogP contribution >= 0.6 is 0 Å². The molecule has 2 aromatic carbocycles. The molecule has 1 aliphatic rings. The minimum absolute atomic E-state index is 0.0261. The van der Waals surface area contributed by atoms with Crippen LogP contribution in [0.4, 0.5) is 0 Å². The number of hydrogen-bond acceptors (Lipinski definition) is 4. The molecule has 0 radical (unpaired) electrons. The summed E-state index contributed by atoms with van der Waals surface area (Å²) in [6.45, 7) is 4.44. The fourth-order valence-corrected chi connectivity index (χ4v) is 3.15. The second-order valence-electron chi connectivity index (χ2n) is 5.90. The van der Waals surface area contributed by atoms with Gasteiger partial charge in [-0.05, 0) is 41.8 Å². The molecule has 3 N–H and O–H groups in total. The summed E-state index contributed by atoms with van der Waals surface area (Å²) in [5.74, 6) is -0.563. The van der Waals surface area contributed by atoms with E-state index in [2.05, 4.69) is 4.90 Å². The number of morpholine rings is 1. The Kier molecular flexibility index (Phi) is 4.79. The quantitative estimate of drug-likeness (QED) is 0.884. The van der Waals surface area contributed by atoms with Crippen LogP contribution in [0.2, 0.25) is 0 Å². The van der Waals surface area contributed by atoms with Crippen LogP contribution in [-0.4, -0.2) is 48.8 Å². The predicted molar refractivity (Wildman–Crippen MR) is 89.7 cm³/mol. The lowest BCUT2D eigenvalue weighted by molar-refractivity contribution is 0.0374. The summed E-state index contributed by atoms with van der Waals surface area (Å²) in [4.78, 5) is 14.1. The van der Waals surface area contributed by atoms with E-state index in [1.54, 1.807) is 0 Å². The molecule has 1 amide bonds. The van der Waals surface area contributed by atoms with Crippen LogP contribution in [0.15, 0.2) is 30.3 Å².